The molecule has 4 heteroatoms. The topological polar surface area (TPSA) is 29.1 Å². The average molecular weight is 269 g/mol. The van der Waals surface area contributed by atoms with Gasteiger partial charge in [0.05, 0.1) is 0 Å². The standard InChI is InChI=1S/C13H19NOS2/c1-10(7-8-17(2)15)14-12-9-16-13-6-4-3-5-11(12)13/h3-6,10,12,14H,7-9H2,1-2H3. The van der Waals surface area contributed by atoms with Gasteiger partial charge < -0.3 is 5.32 Å². The fourth-order valence-corrected chi connectivity index (χ4v) is 3.93. The Balaban J connectivity index is 1.90. The minimum absolute atomic E-state index is 0.427. The van der Waals surface area contributed by atoms with E-state index in [2.05, 4.69) is 36.5 Å². The molecule has 0 saturated heterocycles. The van der Waals surface area contributed by atoms with E-state index in [1.54, 1.807) is 6.26 Å². The van der Waals surface area contributed by atoms with Crippen molar-refractivity contribution in [2.24, 2.45) is 0 Å². The summed E-state index contributed by atoms with van der Waals surface area (Å²) in [5, 5.41) is 3.64. The molecule has 0 saturated carbocycles. The highest BCUT2D eigenvalue weighted by atomic mass is 32.2. The van der Waals surface area contributed by atoms with E-state index in [9.17, 15) is 4.21 Å². The molecule has 17 heavy (non-hydrogen) atoms. The van der Waals surface area contributed by atoms with Crippen LogP contribution in [0.5, 0.6) is 0 Å². The van der Waals surface area contributed by atoms with E-state index >= 15 is 0 Å². The van der Waals surface area contributed by atoms with Crippen molar-refractivity contribution in [1.29, 1.82) is 0 Å². The summed E-state index contributed by atoms with van der Waals surface area (Å²) in [6.45, 7) is 2.18. The maximum atomic E-state index is 11.1. The van der Waals surface area contributed by atoms with Crippen LogP contribution in [0.4, 0.5) is 0 Å². The van der Waals surface area contributed by atoms with E-state index in [0.717, 1.165) is 17.9 Å². The maximum absolute atomic E-state index is 11.1. The van der Waals surface area contributed by atoms with Crippen LogP contribution in [0.2, 0.25) is 0 Å². The Kier molecular flexibility index (Phi) is 4.65. The third kappa shape index (κ3) is 3.57. The Morgan fingerprint density at radius 3 is 3.06 bits per heavy atom. The Bertz CT molecular complexity index is 408. The molecule has 1 aromatic carbocycles. The molecule has 1 N–H and O–H groups in total. The summed E-state index contributed by atoms with van der Waals surface area (Å²) in [5.41, 5.74) is 1.42. The van der Waals surface area contributed by atoms with Gasteiger partial charge >= 0.3 is 0 Å². The van der Waals surface area contributed by atoms with Crippen molar-refractivity contribution in [3.63, 3.8) is 0 Å². The molecule has 2 nitrogen and oxygen atoms in total. The van der Waals surface area contributed by atoms with Gasteiger partial charge in [-0.2, -0.15) is 0 Å². The van der Waals surface area contributed by atoms with Crippen LogP contribution in [0, 0.1) is 0 Å². The Morgan fingerprint density at radius 2 is 2.29 bits per heavy atom. The van der Waals surface area contributed by atoms with E-state index in [-0.39, 0.29) is 0 Å². The van der Waals surface area contributed by atoms with Crippen LogP contribution < -0.4 is 5.32 Å². The van der Waals surface area contributed by atoms with Gasteiger partial charge in [-0.25, -0.2) is 0 Å². The lowest BCUT2D eigenvalue weighted by atomic mass is 10.1. The Morgan fingerprint density at radius 1 is 1.53 bits per heavy atom. The van der Waals surface area contributed by atoms with Gasteiger partial charge in [0.2, 0.25) is 0 Å². The number of thioether (sulfide) groups is 1. The minimum Gasteiger partial charge on any atom is -0.307 e. The van der Waals surface area contributed by atoms with Gasteiger partial charge in [-0.3, -0.25) is 4.21 Å². The monoisotopic (exact) mass is 269 g/mol. The maximum Gasteiger partial charge on any atom is 0.0428 e. The fraction of sp³-hybridized carbons (Fsp3) is 0.538. The molecule has 0 radical (unpaired) electrons. The van der Waals surface area contributed by atoms with Crippen LogP contribution in [-0.4, -0.2) is 28.0 Å². The summed E-state index contributed by atoms with van der Waals surface area (Å²) in [4.78, 5) is 1.40. The molecule has 0 spiro atoms. The van der Waals surface area contributed by atoms with Crippen LogP contribution >= 0.6 is 11.8 Å². The van der Waals surface area contributed by atoms with Crippen LogP contribution in [0.15, 0.2) is 29.2 Å². The second kappa shape index (κ2) is 6.03. The molecule has 3 unspecified atom stereocenters. The number of fused-ring (bicyclic) bond motifs is 1. The van der Waals surface area contributed by atoms with E-state index in [0.29, 0.717) is 12.1 Å². The number of hydrogen-bond donors (Lipinski definition) is 1. The first kappa shape index (κ1) is 13.1. The molecule has 1 aliphatic heterocycles. The second-order valence-corrected chi connectivity index (χ2v) is 7.15. The summed E-state index contributed by atoms with van der Waals surface area (Å²) in [5.74, 6) is 1.90. The summed E-state index contributed by atoms with van der Waals surface area (Å²) >= 11 is 1.92. The largest absolute Gasteiger partial charge is 0.307 e. The number of benzene rings is 1. The second-order valence-electron chi connectivity index (χ2n) is 4.54. The highest BCUT2D eigenvalue weighted by Gasteiger charge is 2.23. The van der Waals surface area contributed by atoms with Crippen molar-refractivity contribution in [3.05, 3.63) is 29.8 Å². The van der Waals surface area contributed by atoms with Crippen molar-refractivity contribution in [2.45, 2.75) is 30.3 Å². The number of hydrogen-bond acceptors (Lipinski definition) is 3. The van der Waals surface area contributed by atoms with Crippen molar-refractivity contribution < 1.29 is 4.21 Å². The molecular weight excluding hydrogens is 250 g/mol. The third-order valence-electron chi connectivity index (χ3n) is 3.02. The van der Waals surface area contributed by atoms with Crippen LogP contribution in [0.25, 0.3) is 0 Å². The van der Waals surface area contributed by atoms with Gasteiger partial charge in [-0.05, 0) is 25.0 Å². The molecule has 0 amide bonds. The fourth-order valence-electron chi connectivity index (χ4n) is 2.07. The number of nitrogens with one attached hydrogen (secondary N) is 1. The van der Waals surface area contributed by atoms with Crippen molar-refractivity contribution in [2.75, 3.05) is 17.8 Å². The molecule has 0 aromatic heterocycles. The zero-order valence-electron chi connectivity index (χ0n) is 10.3. The van der Waals surface area contributed by atoms with E-state index in [4.69, 9.17) is 0 Å². The predicted octanol–water partition coefficient (Wildman–Crippen LogP) is 2.58. The molecule has 94 valence electrons. The van der Waals surface area contributed by atoms with Gasteiger partial charge in [0, 0.05) is 45.5 Å². The molecular formula is C13H19NOS2. The smallest absolute Gasteiger partial charge is 0.0428 e. The molecule has 0 bridgehead atoms. The van der Waals surface area contributed by atoms with Gasteiger partial charge in [0.15, 0.2) is 0 Å². The lowest BCUT2D eigenvalue weighted by Gasteiger charge is -2.19. The third-order valence-corrected chi connectivity index (χ3v) is 5.02. The van der Waals surface area contributed by atoms with Crippen molar-refractivity contribution >= 4 is 22.6 Å². The van der Waals surface area contributed by atoms with Gasteiger partial charge in [-0.15, -0.1) is 11.8 Å². The first-order valence-corrected chi connectivity index (χ1v) is 8.66. The van der Waals surface area contributed by atoms with Crippen molar-refractivity contribution in [1.82, 2.24) is 5.32 Å². The Hall–Kier alpha value is -0.320. The molecule has 0 aliphatic carbocycles. The molecule has 1 aliphatic rings. The first-order chi connectivity index (χ1) is 8.16. The highest BCUT2D eigenvalue weighted by molar-refractivity contribution is 7.99. The first-order valence-electron chi connectivity index (χ1n) is 5.94. The summed E-state index contributed by atoms with van der Waals surface area (Å²) in [6.07, 6.45) is 2.75. The molecule has 1 aromatic rings. The zero-order valence-corrected chi connectivity index (χ0v) is 11.9. The average Bonchev–Trinajstić information content (AvgIpc) is 2.70. The predicted molar refractivity (Wildman–Crippen MR) is 76.1 cm³/mol. The van der Waals surface area contributed by atoms with Crippen molar-refractivity contribution in [3.8, 4) is 0 Å². The quantitative estimate of drug-likeness (QED) is 0.891. The van der Waals surface area contributed by atoms with Gasteiger partial charge in [-0.1, -0.05) is 18.2 Å². The molecule has 2 rings (SSSR count). The van der Waals surface area contributed by atoms with Crippen LogP contribution in [-0.2, 0) is 10.8 Å². The highest BCUT2D eigenvalue weighted by Crippen LogP contribution is 2.37. The van der Waals surface area contributed by atoms with E-state index in [1.807, 2.05) is 11.8 Å². The van der Waals surface area contributed by atoms with Gasteiger partial charge in [0.25, 0.3) is 0 Å². The molecule has 0 fully saturated rings. The summed E-state index contributed by atoms with van der Waals surface area (Å²) in [6, 6.07) is 9.47. The van der Waals surface area contributed by atoms with E-state index in [1.165, 1.54) is 10.5 Å². The lowest BCUT2D eigenvalue weighted by molar-refractivity contribution is 0.476. The zero-order chi connectivity index (χ0) is 12.3. The minimum atomic E-state index is -0.680. The SMILES string of the molecule is CC(CCS(C)=O)NC1CSc2ccccc21. The number of rotatable bonds is 5. The lowest BCUT2D eigenvalue weighted by Crippen LogP contribution is -2.31. The molecule has 3 atom stereocenters. The van der Waals surface area contributed by atoms with Crippen LogP contribution in [0.1, 0.15) is 24.9 Å². The van der Waals surface area contributed by atoms with Gasteiger partial charge in [0.1, 0.15) is 0 Å². The molecule has 1 heterocycles. The summed E-state index contributed by atoms with van der Waals surface area (Å²) in [7, 11) is -0.680. The normalized spacial score (nSPS) is 22.1. The van der Waals surface area contributed by atoms with E-state index < -0.39 is 10.8 Å². The Labute approximate surface area is 110 Å². The van der Waals surface area contributed by atoms with Crippen LogP contribution in [0.3, 0.4) is 0 Å². The summed E-state index contributed by atoms with van der Waals surface area (Å²) < 4.78 is 11.1.